The third kappa shape index (κ3) is 6.26. The Morgan fingerprint density at radius 1 is 0.871 bits per heavy atom. The lowest BCUT2D eigenvalue weighted by molar-refractivity contribution is -0.123. The van der Waals surface area contributed by atoms with Crippen molar-refractivity contribution in [3.05, 3.63) is 83.9 Å². The summed E-state index contributed by atoms with van der Waals surface area (Å²) in [4.78, 5) is 21.2. The number of hydrogen-bond donors (Lipinski definition) is 2. The Labute approximate surface area is 182 Å². The van der Waals surface area contributed by atoms with Crippen LogP contribution < -0.4 is 20.1 Å². The molecule has 0 spiro atoms. The van der Waals surface area contributed by atoms with Crippen LogP contribution in [-0.4, -0.2) is 43.2 Å². The number of carbonyl (C=O) groups is 1. The van der Waals surface area contributed by atoms with Crippen molar-refractivity contribution in [2.45, 2.75) is 18.9 Å². The van der Waals surface area contributed by atoms with Crippen molar-refractivity contribution in [1.82, 2.24) is 20.6 Å². The number of nitrogens with zero attached hydrogens (tertiary/aromatic N) is 2. The number of nitrogens with one attached hydrogen (secondary N) is 2. The molecular weight excluding hydrogens is 392 g/mol. The van der Waals surface area contributed by atoms with Gasteiger partial charge in [0.05, 0.1) is 14.2 Å². The number of pyridine rings is 2. The van der Waals surface area contributed by atoms with Gasteiger partial charge in [-0.2, -0.15) is 0 Å². The number of methoxy groups -OCH3 is 2. The molecule has 2 heterocycles. The van der Waals surface area contributed by atoms with Gasteiger partial charge in [-0.3, -0.25) is 14.8 Å². The summed E-state index contributed by atoms with van der Waals surface area (Å²) >= 11 is 0. The summed E-state index contributed by atoms with van der Waals surface area (Å²) in [6, 6.07) is 12.8. The van der Waals surface area contributed by atoms with Crippen molar-refractivity contribution in [3.63, 3.8) is 0 Å². The third-order valence-electron chi connectivity index (χ3n) is 4.98. The second-order valence-electron chi connectivity index (χ2n) is 6.97. The summed E-state index contributed by atoms with van der Waals surface area (Å²) in [7, 11) is 3.17. The van der Waals surface area contributed by atoms with E-state index in [-0.39, 0.29) is 5.91 Å². The van der Waals surface area contributed by atoms with E-state index in [1.54, 1.807) is 39.0 Å². The van der Waals surface area contributed by atoms with Crippen LogP contribution in [0, 0.1) is 0 Å². The second-order valence-corrected chi connectivity index (χ2v) is 6.97. The van der Waals surface area contributed by atoms with Gasteiger partial charge in [-0.1, -0.05) is 12.1 Å². The average molecular weight is 421 g/mol. The maximum Gasteiger partial charge on any atom is 0.241 e. The zero-order valence-electron chi connectivity index (χ0n) is 17.9. The summed E-state index contributed by atoms with van der Waals surface area (Å²) in [6.07, 6.45) is 8.54. The molecule has 1 unspecified atom stereocenters. The molecular formula is C24H28N4O3. The largest absolute Gasteiger partial charge is 0.493 e. The minimum atomic E-state index is -0.579. The highest BCUT2D eigenvalue weighted by atomic mass is 16.5. The van der Waals surface area contributed by atoms with Gasteiger partial charge in [-0.15, -0.1) is 0 Å². The second kappa shape index (κ2) is 11.7. The Morgan fingerprint density at radius 3 is 2.06 bits per heavy atom. The summed E-state index contributed by atoms with van der Waals surface area (Å²) in [5.74, 6) is 1.02. The monoisotopic (exact) mass is 420 g/mol. The molecule has 2 N–H and O–H groups in total. The number of ether oxygens (including phenoxy) is 2. The fraction of sp³-hybridized carbons (Fsp3) is 0.292. The third-order valence-corrected chi connectivity index (χ3v) is 4.98. The van der Waals surface area contributed by atoms with Crippen LogP contribution in [-0.2, 0) is 17.6 Å². The molecule has 0 saturated carbocycles. The van der Waals surface area contributed by atoms with Crippen LogP contribution in [0.4, 0.5) is 0 Å². The Hall–Kier alpha value is -3.45. The number of hydrogen-bond acceptors (Lipinski definition) is 6. The quantitative estimate of drug-likeness (QED) is 0.496. The Balaban J connectivity index is 1.72. The standard InChI is InChI=1S/C24H28N4O3/c1-30-21-5-3-4-20(23(21)31-2)22(27-16-10-18-6-12-25-13-7-18)24(29)28-17-11-19-8-14-26-15-9-19/h3-9,12-15,22,27H,10-11,16-17H2,1-2H3,(H,28,29). The molecule has 1 aromatic carbocycles. The molecule has 0 radical (unpaired) electrons. The zero-order chi connectivity index (χ0) is 21.9. The highest BCUT2D eigenvalue weighted by Crippen LogP contribution is 2.34. The maximum atomic E-state index is 13.2. The summed E-state index contributed by atoms with van der Waals surface area (Å²) in [5.41, 5.74) is 3.01. The van der Waals surface area contributed by atoms with Gasteiger partial charge in [-0.25, -0.2) is 0 Å². The Kier molecular flexibility index (Phi) is 8.37. The van der Waals surface area contributed by atoms with Gasteiger partial charge in [0.2, 0.25) is 5.91 Å². The van der Waals surface area contributed by atoms with E-state index >= 15 is 0 Å². The predicted octanol–water partition coefficient (Wildman–Crippen LogP) is 2.73. The van der Waals surface area contributed by atoms with Gasteiger partial charge in [0.1, 0.15) is 6.04 Å². The van der Waals surface area contributed by atoms with E-state index in [1.165, 1.54) is 0 Å². The fourth-order valence-electron chi connectivity index (χ4n) is 3.38. The fourth-order valence-corrected chi connectivity index (χ4v) is 3.38. The molecule has 2 aromatic heterocycles. The van der Waals surface area contributed by atoms with Crippen LogP contribution in [0.15, 0.2) is 67.3 Å². The van der Waals surface area contributed by atoms with Crippen LogP contribution in [0.25, 0.3) is 0 Å². The van der Waals surface area contributed by atoms with Crippen molar-refractivity contribution >= 4 is 5.91 Å². The van der Waals surface area contributed by atoms with Gasteiger partial charge in [0, 0.05) is 43.4 Å². The van der Waals surface area contributed by atoms with Crippen molar-refractivity contribution in [3.8, 4) is 11.5 Å². The lowest BCUT2D eigenvalue weighted by atomic mass is 10.0. The molecule has 0 bridgehead atoms. The van der Waals surface area contributed by atoms with Crippen LogP contribution in [0.2, 0.25) is 0 Å². The molecule has 0 aliphatic carbocycles. The van der Waals surface area contributed by atoms with E-state index < -0.39 is 6.04 Å². The van der Waals surface area contributed by atoms with E-state index in [1.807, 2.05) is 42.5 Å². The first kappa shape index (κ1) is 22.2. The van der Waals surface area contributed by atoms with Crippen molar-refractivity contribution in [2.75, 3.05) is 27.3 Å². The number of amides is 1. The van der Waals surface area contributed by atoms with Gasteiger partial charge in [0.15, 0.2) is 11.5 Å². The topological polar surface area (TPSA) is 85.4 Å². The maximum absolute atomic E-state index is 13.2. The predicted molar refractivity (Wildman–Crippen MR) is 119 cm³/mol. The number of rotatable bonds is 11. The summed E-state index contributed by atoms with van der Waals surface area (Å²) in [6.45, 7) is 1.14. The summed E-state index contributed by atoms with van der Waals surface area (Å²) < 4.78 is 11.0. The van der Waals surface area contributed by atoms with E-state index in [4.69, 9.17) is 9.47 Å². The van der Waals surface area contributed by atoms with Gasteiger partial charge in [0.25, 0.3) is 0 Å². The minimum absolute atomic E-state index is 0.115. The highest BCUT2D eigenvalue weighted by molar-refractivity contribution is 5.84. The lowest BCUT2D eigenvalue weighted by Gasteiger charge is -2.22. The van der Waals surface area contributed by atoms with Crippen molar-refractivity contribution in [1.29, 1.82) is 0 Å². The molecule has 3 aromatic rings. The van der Waals surface area contributed by atoms with Crippen molar-refractivity contribution < 1.29 is 14.3 Å². The average Bonchev–Trinajstić information content (AvgIpc) is 2.82. The smallest absolute Gasteiger partial charge is 0.241 e. The molecule has 0 fully saturated rings. The molecule has 162 valence electrons. The van der Waals surface area contributed by atoms with Gasteiger partial charge < -0.3 is 20.1 Å². The molecule has 31 heavy (non-hydrogen) atoms. The van der Waals surface area contributed by atoms with Crippen LogP contribution in [0.5, 0.6) is 11.5 Å². The molecule has 0 aliphatic heterocycles. The van der Waals surface area contributed by atoms with Crippen LogP contribution in [0.3, 0.4) is 0 Å². The Morgan fingerprint density at radius 2 is 1.48 bits per heavy atom. The first-order valence-corrected chi connectivity index (χ1v) is 10.2. The van der Waals surface area contributed by atoms with Crippen molar-refractivity contribution in [2.24, 2.45) is 0 Å². The molecule has 7 heteroatoms. The van der Waals surface area contributed by atoms with E-state index in [2.05, 4.69) is 20.6 Å². The first-order chi connectivity index (χ1) is 15.2. The first-order valence-electron chi connectivity index (χ1n) is 10.2. The van der Waals surface area contributed by atoms with E-state index in [9.17, 15) is 4.79 Å². The van der Waals surface area contributed by atoms with E-state index in [0.717, 1.165) is 29.5 Å². The van der Waals surface area contributed by atoms with Crippen LogP contribution >= 0.6 is 0 Å². The molecule has 7 nitrogen and oxygen atoms in total. The minimum Gasteiger partial charge on any atom is -0.493 e. The normalized spacial score (nSPS) is 11.5. The number of carbonyl (C=O) groups excluding carboxylic acids is 1. The van der Waals surface area contributed by atoms with Gasteiger partial charge in [-0.05, 0) is 54.3 Å². The zero-order valence-corrected chi connectivity index (χ0v) is 17.9. The number of aromatic nitrogens is 2. The highest BCUT2D eigenvalue weighted by Gasteiger charge is 2.25. The van der Waals surface area contributed by atoms with E-state index in [0.29, 0.717) is 24.6 Å². The molecule has 0 saturated heterocycles. The molecule has 3 rings (SSSR count). The molecule has 1 atom stereocenters. The Bertz CT molecular complexity index is 952. The SMILES string of the molecule is COc1cccc(C(NCCc2ccncc2)C(=O)NCCc2ccncc2)c1OC. The number of para-hydroxylation sites is 1. The summed E-state index contributed by atoms with van der Waals surface area (Å²) in [5, 5.41) is 6.42. The molecule has 1 amide bonds. The number of benzene rings is 1. The lowest BCUT2D eigenvalue weighted by Crippen LogP contribution is -2.39. The van der Waals surface area contributed by atoms with Crippen LogP contribution in [0.1, 0.15) is 22.7 Å². The van der Waals surface area contributed by atoms with Gasteiger partial charge >= 0.3 is 0 Å². The molecule has 0 aliphatic rings.